The zero-order valence-corrected chi connectivity index (χ0v) is 38.8. The maximum absolute atomic E-state index is 10.8. The second-order valence-electron chi connectivity index (χ2n) is 19.0. The lowest BCUT2D eigenvalue weighted by Crippen LogP contribution is -1.91. The van der Waals surface area contributed by atoms with E-state index in [1.807, 2.05) is 133 Å². The molecule has 0 aliphatic rings. The number of fused-ring (bicyclic) bond motifs is 7. The van der Waals surface area contributed by atoms with Crippen LogP contribution in [0.3, 0.4) is 0 Å². The van der Waals surface area contributed by atoms with E-state index in [2.05, 4.69) is 0 Å². The third-order valence-electron chi connectivity index (χ3n) is 15.0. The van der Waals surface area contributed by atoms with Gasteiger partial charge in [-0.2, -0.15) is 0 Å². The molecule has 340 valence electrons. The summed E-state index contributed by atoms with van der Waals surface area (Å²) in [7, 11) is 0. The predicted octanol–water partition coefficient (Wildman–Crippen LogP) is 20.8. The predicted molar refractivity (Wildman–Crippen MR) is 313 cm³/mol. The summed E-state index contributed by atoms with van der Waals surface area (Å²) in [6.45, 7) is 0. The van der Waals surface area contributed by atoms with Crippen LogP contribution in [0.2, 0.25) is 0 Å². The molecule has 0 atom stereocenters. The third-order valence-corrected chi connectivity index (χ3v) is 15.0. The number of rotatable bonds is 5. The Morgan fingerprint density at radius 3 is 1.19 bits per heavy atom. The lowest BCUT2D eigenvalue weighted by molar-refractivity contribution is 0.669. The second-order valence-corrected chi connectivity index (χ2v) is 19.0. The molecule has 0 N–H and O–H groups in total. The Labute approximate surface area is 445 Å². The average molecular weight is 952 g/mol. The molecule has 0 unspecified atom stereocenters. The van der Waals surface area contributed by atoms with E-state index < -0.39 is 90.6 Å². The number of hydrogen-bond donors (Lipinski definition) is 0. The molecule has 2 nitrogen and oxygen atoms in total. The summed E-state index contributed by atoms with van der Waals surface area (Å²) in [6.07, 6.45) is 0. The highest BCUT2D eigenvalue weighted by Crippen LogP contribution is 2.48. The van der Waals surface area contributed by atoms with Gasteiger partial charge in [-0.3, -0.25) is 0 Å². The number of furan rings is 2. The first-order chi connectivity index (χ1) is 43.0. The van der Waals surface area contributed by atoms with Crippen molar-refractivity contribution in [3.05, 3.63) is 242 Å². The van der Waals surface area contributed by atoms with E-state index in [9.17, 15) is 12.3 Å². The van der Waals surface area contributed by atoms with Gasteiger partial charge >= 0.3 is 0 Å². The molecule has 15 aromatic carbocycles. The van der Waals surface area contributed by atoms with E-state index in [4.69, 9.17) is 17.1 Å². The van der Waals surface area contributed by atoms with Gasteiger partial charge < -0.3 is 8.83 Å². The van der Waals surface area contributed by atoms with Crippen LogP contribution in [-0.2, 0) is 0 Å². The molecule has 2 heteroatoms. The summed E-state index contributed by atoms with van der Waals surface area (Å²) in [5.41, 5.74) is -0.964. The Hall–Kier alpha value is -9.76. The van der Waals surface area contributed by atoms with Crippen molar-refractivity contribution in [2.24, 2.45) is 0 Å². The zero-order chi connectivity index (χ0) is 61.2. The minimum Gasteiger partial charge on any atom is -0.455 e. The SMILES string of the molecule is [2H]c1c(-c2c([2H])c(-c3ccc4ccc5cccc6ccc3c4c56)c3oc4c([2H])c([2H])c([2H])c([2H])c4c3c2[2H])c([2H])c(-c2cccc3ccccc23)c([2H])c1-c1c([2H])c(-c2ccc3ccc4cccc5ccc2c3c45)c2oc3c([2H])c([2H])c([2H])c([2H])c3c2c1[2H]. The van der Waals surface area contributed by atoms with Crippen LogP contribution in [0.25, 0.3) is 175 Å². The summed E-state index contributed by atoms with van der Waals surface area (Å²) in [5.74, 6) is 0. The number of para-hydroxylation sites is 2. The summed E-state index contributed by atoms with van der Waals surface area (Å²) in [6, 6.07) is 40.0. The molecule has 74 heavy (non-hydrogen) atoms. The molecule has 0 spiro atoms. The van der Waals surface area contributed by atoms with Crippen molar-refractivity contribution in [2.75, 3.05) is 0 Å². The van der Waals surface area contributed by atoms with Crippen molar-refractivity contribution in [1.29, 1.82) is 0 Å². The van der Waals surface area contributed by atoms with Gasteiger partial charge in [0.15, 0.2) is 0 Å². The van der Waals surface area contributed by atoms with E-state index in [-0.39, 0.29) is 82.8 Å². The maximum atomic E-state index is 10.8. The Bertz CT molecular complexity index is 5760. The Morgan fingerprint density at radius 1 is 0.243 bits per heavy atom. The lowest BCUT2D eigenvalue weighted by atomic mass is 9.86. The average Bonchev–Trinajstić information content (AvgIpc) is 1.63. The Kier molecular flexibility index (Phi) is 5.70. The molecular weight excluding hydrogens is 897 g/mol. The molecule has 17 aromatic rings. The van der Waals surface area contributed by atoms with Gasteiger partial charge in [-0.1, -0.05) is 188 Å². The lowest BCUT2D eigenvalue weighted by Gasteiger charge is -2.17. The molecule has 0 aliphatic carbocycles. The van der Waals surface area contributed by atoms with Crippen LogP contribution in [0.4, 0.5) is 0 Å². The van der Waals surface area contributed by atoms with Crippen molar-refractivity contribution < 1.29 is 29.4 Å². The standard InChI is InChI=1S/C72H40O2/c1-2-16-53-41(10-1)11-9-19-54(53)52-35-48(50-37-61(71-63(39-50)57-17-3-5-20-65(57)73-71)55-30-26-46-24-22-42-12-7-14-44-28-32-59(55)69(46)67(42)44)34-49(36-52)51-38-62(72-64(40-51)58-18-4-6-21-66(58)74-72)56-31-27-47-25-23-43-13-8-15-45-29-33-60(56)70(47)68(43)45/h1-40H/i3D,4D,5D,6D,17D,18D,20D,21D,34D,35D,36D,37D,38D,39D,40D. The summed E-state index contributed by atoms with van der Waals surface area (Å²) in [4.78, 5) is 0. The molecule has 0 amide bonds. The highest BCUT2D eigenvalue weighted by atomic mass is 16.3. The van der Waals surface area contributed by atoms with Gasteiger partial charge in [0, 0.05) is 32.7 Å². The fourth-order valence-corrected chi connectivity index (χ4v) is 11.7. The van der Waals surface area contributed by atoms with Gasteiger partial charge in [0.1, 0.15) is 22.3 Å². The van der Waals surface area contributed by atoms with Crippen molar-refractivity contribution in [2.45, 2.75) is 0 Å². The van der Waals surface area contributed by atoms with E-state index in [0.717, 1.165) is 59.2 Å². The molecule has 17 rings (SSSR count). The third kappa shape index (κ3) is 5.65. The minimum absolute atomic E-state index is 0.0538. The van der Waals surface area contributed by atoms with Crippen LogP contribution < -0.4 is 0 Å². The summed E-state index contributed by atoms with van der Waals surface area (Å²) >= 11 is 0. The molecule has 0 bridgehead atoms. The molecule has 2 heterocycles. The van der Waals surface area contributed by atoms with Crippen LogP contribution >= 0.6 is 0 Å². The monoisotopic (exact) mass is 951 g/mol. The van der Waals surface area contributed by atoms with Gasteiger partial charge in [0.2, 0.25) is 0 Å². The van der Waals surface area contributed by atoms with Crippen LogP contribution in [-0.4, -0.2) is 0 Å². The minimum atomic E-state index is -0.640. The highest BCUT2D eigenvalue weighted by Gasteiger charge is 2.23. The van der Waals surface area contributed by atoms with Crippen LogP contribution in [0.1, 0.15) is 20.6 Å². The second kappa shape index (κ2) is 14.9. The van der Waals surface area contributed by atoms with Crippen LogP contribution in [0.5, 0.6) is 0 Å². The van der Waals surface area contributed by atoms with Gasteiger partial charge in [0.05, 0.1) is 20.6 Å². The number of hydrogen-bond acceptors (Lipinski definition) is 2. The maximum Gasteiger partial charge on any atom is 0.143 e. The van der Waals surface area contributed by atoms with Crippen LogP contribution in [0.15, 0.2) is 251 Å². The smallest absolute Gasteiger partial charge is 0.143 e. The molecule has 2 aromatic heterocycles. The van der Waals surface area contributed by atoms with E-state index in [1.54, 1.807) is 18.2 Å². The van der Waals surface area contributed by atoms with Crippen molar-refractivity contribution in [3.8, 4) is 55.6 Å². The first-order valence-corrected chi connectivity index (χ1v) is 24.3. The Balaban J connectivity index is 1.08. The zero-order valence-electron chi connectivity index (χ0n) is 53.8. The quantitative estimate of drug-likeness (QED) is 0.161. The molecular formula is C72H40O2. The summed E-state index contributed by atoms with van der Waals surface area (Å²) in [5, 5.41) is 11.2. The van der Waals surface area contributed by atoms with Crippen molar-refractivity contribution in [1.82, 2.24) is 0 Å². The first kappa shape index (κ1) is 28.3. The molecule has 0 radical (unpaired) electrons. The van der Waals surface area contributed by atoms with E-state index >= 15 is 0 Å². The molecule has 0 saturated carbocycles. The van der Waals surface area contributed by atoms with Gasteiger partial charge in [0.25, 0.3) is 0 Å². The molecule has 0 aliphatic heterocycles. The largest absolute Gasteiger partial charge is 0.455 e. The normalized spacial score (nSPS) is 15.2. The van der Waals surface area contributed by atoms with Crippen molar-refractivity contribution >= 4 is 119 Å². The molecule has 0 fully saturated rings. The van der Waals surface area contributed by atoms with E-state index in [0.29, 0.717) is 32.8 Å². The fourth-order valence-electron chi connectivity index (χ4n) is 11.7. The van der Waals surface area contributed by atoms with Crippen LogP contribution in [0, 0.1) is 0 Å². The summed E-state index contributed by atoms with van der Waals surface area (Å²) < 4.78 is 160. The number of benzene rings is 15. The fraction of sp³-hybridized carbons (Fsp3) is 0. The Morgan fingerprint density at radius 2 is 0.649 bits per heavy atom. The topological polar surface area (TPSA) is 26.3 Å². The van der Waals surface area contributed by atoms with E-state index in [1.165, 1.54) is 0 Å². The van der Waals surface area contributed by atoms with Gasteiger partial charge in [-0.05, 0) is 174 Å². The van der Waals surface area contributed by atoms with Gasteiger partial charge in [-0.25, -0.2) is 0 Å². The highest BCUT2D eigenvalue weighted by molar-refractivity contribution is 6.28. The van der Waals surface area contributed by atoms with Gasteiger partial charge in [-0.15, -0.1) is 0 Å². The first-order valence-electron chi connectivity index (χ1n) is 31.8. The molecule has 0 saturated heterocycles. The van der Waals surface area contributed by atoms with Crippen molar-refractivity contribution in [3.63, 3.8) is 0 Å².